The van der Waals surface area contributed by atoms with Crippen molar-refractivity contribution in [2.75, 3.05) is 12.3 Å². The highest BCUT2D eigenvalue weighted by atomic mass is 16.5. The smallest absolute Gasteiger partial charge is 0.162 e. The highest BCUT2D eigenvalue weighted by Gasteiger charge is 2.08. The zero-order valence-corrected chi connectivity index (χ0v) is 10.7. The molecule has 17 heavy (non-hydrogen) atoms. The molecule has 1 aromatic carbocycles. The Bertz CT molecular complexity index is 374. The largest absolute Gasteiger partial charge is 0.491 e. The first-order valence-electron chi connectivity index (χ1n) is 6.24. The normalized spacial score (nSPS) is 10.2. The van der Waals surface area contributed by atoms with Crippen LogP contribution in [0.15, 0.2) is 18.2 Å². The number of ketones is 1. The van der Waals surface area contributed by atoms with Crippen LogP contribution < -0.4 is 10.5 Å². The van der Waals surface area contributed by atoms with Crippen molar-refractivity contribution in [3.63, 3.8) is 0 Å². The molecule has 1 aromatic rings. The number of rotatable bonds is 7. The summed E-state index contributed by atoms with van der Waals surface area (Å²) in [5.41, 5.74) is 7.07. The summed E-state index contributed by atoms with van der Waals surface area (Å²) < 4.78 is 5.47. The standard InChI is InChI=1S/C14H21NO2/c1-3-5-6-13(16)11-7-8-14(12(15)10-11)17-9-4-2/h7-8,10H,3-6,9,15H2,1-2H3. The fraction of sp³-hybridized carbons (Fsp3) is 0.500. The molecule has 0 aromatic heterocycles. The Morgan fingerprint density at radius 2 is 2.06 bits per heavy atom. The number of ether oxygens (including phenoxy) is 1. The number of nitrogens with two attached hydrogens (primary N) is 1. The summed E-state index contributed by atoms with van der Waals surface area (Å²) >= 11 is 0. The lowest BCUT2D eigenvalue weighted by molar-refractivity contribution is 0.0980. The second kappa shape index (κ2) is 6.94. The number of hydrogen-bond donors (Lipinski definition) is 1. The molecule has 3 nitrogen and oxygen atoms in total. The maximum absolute atomic E-state index is 11.8. The van der Waals surface area contributed by atoms with Crippen LogP contribution in [0.3, 0.4) is 0 Å². The van der Waals surface area contributed by atoms with Crippen LogP contribution in [0.5, 0.6) is 5.75 Å². The summed E-state index contributed by atoms with van der Waals surface area (Å²) in [6, 6.07) is 5.28. The first-order chi connectivity index (χ1) is 8.19. The van der Waals surface area contributed by atoms with Gasteiger partial charge in [-0.1, -0.05) is 20.3 Å². The summed E-state index contributed by atoms with van der Waals surface area (Å²) in [5, 5.41) is 0. The predicted molar refractivity (Wildman–Crippen MR) is 70.5 cm³/mol. The Kier molecular flexibility index (Phi) is 5.53. The Balaban J connectivity index is 2.70. The number of benzene rings is 1. The molecule has 0 amide bonds. The molecule has 3 heteroatoms. The molecule has 0 bridgehead atoms. The van der Waals surface area contributed by atoms with E-state index < -0.39 is 0 Å². The lowest BCUT2D eigenvalue weighted by atomic mass is 10.0. The molecular formula is C14H21NO2. The third-order valence-electron chi connectivity index (χ3n) is 2.55. The van der Waals surface area contributed by atoms with E-state index in [9.17, 15) is 4.79 Å². The van der Waals surface area contributed by atoms with Gasteiger partial charge in [0.2, 0.25) is 0 Å². The first kappa shape index (κ1) is 13.6. The third-order valence-corrected chi connectivity index (χ3v) is 2.55. The zero-order chi connectivity index (χ0) is 12.7. The van der Waals surface area contributed by atoms with Crippen molar-refractivity contribution >= 4 is 11.5 Å². The Morgan fingerprint density at radius 3 is 2.65 bits per heavy atom. The lowest BCUT2D eigenvalue weighted by Crippen LogP contribution is -2.03. The van der Waals surface area contributed by atoms with Crippen LogP contribution in [0.4, 0.5) is 5.69 Å². The monoisotopic (exact) mass is 235 g/mol. The zero-order valence-electron chi connectivity index (χ0n) is 10.7. The molecular weight excluding hydrogens is 214 g/mol. The maximum Gasteiger partial charge on any atom is 0.162 e. The van der Waals surface area contributed by atoms with Gasteiger partial charge in [0.15, 0.2) is 5.78 Å². The van der Waals surface area contributed by atoms with Gasteiger partial charge in [0.25, 0.3) is 0 Å². The molecule has 0 atom stereocenters. The molecule has 2 N–H and O–H groups in total. The Hall–Kier alpha value is -1.51. The molecule has 0 radical (unpaired) electrons. The maximum atomic E-state index is 11.8. The van der Waals surface area contributed by atoms with E-state index in [0.29, 0.717) is 30.0 Å². The van der Waals surface area contributed by atoms with Crippen LogP contribution >= 0.6 is 0 Å². The number of hydrogen-bond acceptors (Lipinski definition) is 3. The fourth-order valence-electron chi connectivity index (χ4n) is 1.55. The van der Waals surface area contributed by atoms with Crippen molar-refractivity contribution in [1.82, 2.24) is 0 Å². The molecule has 94 valence electrons. The molecule has 1 rings (SSSR count). The van der Waals surface area contributed by atoms with Gasteiger partial charge in [0.05, 0.1) is 12.3 Å². The number of anilines is 1. The van der Waals surface area contributed by atoms with Crippen LogP contribution in [0.1, 0.15) is 49.9 Å². The molecule has 0 saturated carbocycles. The molecule has 0 heterocycles. The van der Waals surface area contributed by atoms with E-state index in [1.54, 1.807) is 18.2 Å². The minimum absolute atomic E-state index is 0.153. The van der Waals surface area contributed by atoms with Crippen molar-refractivity contribution in [1.29, 1.82) is 0 Å². The van der Waals surface area contributed by atoms with E-state index in [1.807, 2.05) is 6.92 Å². The summed E-state index contributed by atoms with van der Waals surface area (Å²) in [6.07, 6.45) is 3.48. The number of carbonyl (C=O) groups is 1. The van der Waals surface area contributed by atoms with Crippen LogP contribution in [-0.4, -0.2) is 12.4 Å². The first-order valence-corrected chi connectivity index (χ1v) is 6.24. The van der Waals surface area contributed by atoms with Crippen molar-refractivity contribution in [3.05, 3.63) is 23.8 Å². The van der Waals surface area contributed by atoms with E-state index >= 15 is 0 Å². The second-order valence-electron chi connectivity index (χ2n) is 4.13. The Labute approximate surface area is 103 Å². The summed E-state index contributed by atoms with van der Waals surface area (Å²) in [7, 11) is 0. The van der Waals surface area contributed by atoms with Gasteiger partial charge in [0, 0.05) is 12.0 Å². The van der Waals surface area contributed by atoms with E-state index in [2.05, 4.69) is 6.92 Å². The molecule has 0 aliphatic carbocycles. The van der Waals surface area contributed by atoms with E-state index in [-0.39, 0.29) is 5.78 Å². The van der Waals surface area contributed by atoms with Gasteiger partial charge >= 0.3 is 0 Å². The minimum Gasteiger partial charge on any atom is -0.491 e. The van der Waals surface area contributed by atoms with Gasteiger partial charge in [-0.15, -0.1) is 0 Å². The molecule has 0 fully saturated rings. The second-order valence-corrected chi connectivity index (χ2v) is 4.13. The molecule has 0 unspecified atom stereocenters. The van der Waals surface area contributed by atoms with Crippen molar-refractivity contribution in [2.45, 2.75) is 39.5 Å². The van der Waals surface area contributed by atoms with Crippen LogP contribution in [-0.2, 0) is 0 Å². The van der Waals surface area contributed by atoms with Gasteiger partial charge < -0.3 is 10.5 Å². The fourth-order valence-corrected chi connectivity index (χ4v) is 1.55. The van der Waals surface area contributed by atoms with Gasteiger partial charge in [-0.3, -0.25) is 4.79 Å². The molecule has 0 spiro atoms. The van der Waals surface area contributed by atoms with E-state index in [4.69, 9.17) is 10.5 Å². The average Bonchev–Trinajstić information content (AvgIpc) is 2.34. The van der Waals surface area contributed by atoms with Gasteiger partial charge in [0.1, 0.15) is 5.75 Å². The average molecular weight is 235 g/mol. The summed E-state index contributed by atoms with van der Waals surface area (Å²) in [4.78, 5) is 11.8. The number of Topliss-reactive ketones (excluding diaryl/α,β-unsaturated/α-hetero) is 1. The lowest BCUT2D eigenvalue weighted by Gasteiger charge is -2.09. The predicted octanol–water partition coefficient (Wildman–Crippen LogP) is 3.43. The third kappa shape index (κ3) is 4.10. The number of carbonyl (C=O) groups excluding carboxylic acids is 1. The Morgan fingerprint density at radius 1 is 1.29 bits per heavy atom. The topological polar surface area (TPSA) is 52.3 Å². The van der Waals surface area contributed by atoms with Crippen molar-refractivity contribution < 1.29 is 9.53 Å². The number of unbranched alkanes of at least 4 members (excludes halogenated alkanes) is 1. The van der Waals surface area contributed by atoms with Crippen LogP contribution in [0, 0.1) is 0 Å². The summed E-state index contributed by atoms with van der Waals surface area (Å²) in [5.74, 6) is 0.819. The van der Waals surface area contributed by atoms with Gasteiger partial charge in [-0.05, 0) is 31.0 Å². The highest BCUT2D eigenvalue weighted by Crippen LogP contribution is 2.23. The molecule has 0 aliphatic rings. The van der Waals surface area contributed by atoms with Crippen LogP contribution in [0.2, 0.25) is 0 Å². The summed E-state index contributed by atoms with van der Waals surface area (Å²) in [6.45, 7) is 4.76. The van der Waals surface area contributed by atoms with E-state index in [1.165, 1.54) is 0 Å². The van der Waals surface area contributed by atoms with Crippen molar-refractivity contribution in [3.8, 4) is 5.75 Å². The SMILES string of the molecule is CCCCC(=O)c1ccc(OCCC)c(N)c1. The van der Waals surface area contributed by atoms with Gasteiger partial charge in [-0.2, -0.15) is 0 Å². The molecule has 0 aliphatic heterocycles. The number of nitrogen functional groups attached to an aromatic ring is 1. The van der Waals surface area contributed by atoms with Crippen molar-refractivity contribution in [2.24, 2.45) is 0 Å². The quantitative estimate of drug-likeness (QED) is 0.582. The molecule has 0 saturated heterocycles. The highest BCUT2D eigenvalue weighted by molar-refractivity contribution is 5.97. The van der Waals surface area contributed by atoms with Crippen LogP contribution in [0.25, 0.3) is 0 Å². The van der Waals surface area contributed by atoms with Gasteiger partial charge in [-0.25, -0.2) is 0 Å². The minimum atomic E-state index is 0.153. The van der Waals surface area contributed by atoms with E-state index in [0.717, 1.165) is 19.3 Å².